The fourth-order valence-electron chi connectivity index (χ4n) is 1.88. The van der Waals surface area contributed by atoms with E-state index in [1.165, 1.54) is 11.6 Å². The molecule has 108 valence electrons. The molecule has 4 heteroatoms. The largest absolute Gasteiger partial charge is 0.481 e. The van der Waals surface area contributed by atoms with Gasteiger partial charge in [-0.3, -0.25) is 9.59 Å². The SMILES string of the molecule is Cc1ccc(/C=C/C(=O)NCC(C)CC(=O)O)c(C)c1. The first kappa shape index (κ1) is 16.0. The van der Waals surface area contributed by atoms with Crippen molar-refractivity contribution in [1.29, 1.82) is 0 Å². The minimum Gasteiger partial charge on any atom is -0.481 e. The van der Waals surface area contributed by atoms with Crippen molar-refractivity contribution in [3.8, 4) is 0 Å². The van der Waals surface area contributed by atoms with Crippen LogP contribution in [-0.2, 0) is 9.59 Å². The number of amides is 1. The van der Waals surface area contributed by atoms with Gasteiger partial charge in [0.25, 0.3) is 0 Å². The van der Waals surface area contributed by atoms with E-state index in [0.29, 0.717) is 6.54 Å². The maximum absolute atomic E-state index is 11.6. The monoisotopic (exact) mass is 275 g/mol. The minimum atomic E-state index is -0.849. The lowest BCUT2D eigenvalue weighted by atomic mass is 10.1. The second-order valence-corrected chi connectivity index (χ2v) is 5.14. The fraction of sp³-hybridized carbons (Fsp3) is 0.375. The number of hydrogen-bond donors (Lipinski definition) is 2. The molecule has 0 fully saturated rings. The normalized spacial score (nSPS) is 12.3. The number of rotatable bonds is 6. The highest BCUT2D eigenvalue weighted by Gasteiger charge is 2.08. The molecule has 2 N–H and O–H groups in total. The Kier molecular flexibility index (Phi) is 5.97. The Bertz CT molecular complexity index is 520. The standard InChI is InChI=1S/C16H21NO3/c1-11-4-5-14(13(3)8-11)6-7-15(18)17-10-12(2)9-16(19)20/h4-8,12H,9-10H2,1-3H3,(H,17,18)(H,19,20)/b7-6+. The van der Waals surface area contributed by atoms with E-state index >= 15 is 0 Å². The third-order valence-corrected chi connectivity index (χ3v) is 2.99. The topological polar surface area (TPSA) is 66.4 Å². The van der Waals surface area contributed by atoms with Crippen LogP contribution in [0.1, 0.15) is 30.0 Å². The summed E-state index contributed by atoms with van der Waals surface area (Å²) in [6, 6.07) is 6.04. The molecular weight excluding hydrogens is 254 g/mol. The van der Waals surface area contributed by atoms with E-state index < -0.39 is 5.97 Å². The van der Waals surface area contributed by atoms with Crippen molar-refractivity contribution in [2.75, 3.05) is 6.54 Å². The molecule has 4 nitrogen and oxygen atoms in total. The van der Waals surface area contributed by atoms with E-state index in [2.05, 4.69) is 11.4 Å². The summed E-state index contributed by atoms with van der Waals surface area (Å²) in [7, 11) is 0. The number of carbonyl (C=O) groups excluding carboxylic acids is 1. The van der Waals surface area contributed by atoms with Crippen LogP contribution in [0.4, 0.5) is 0 Å². The van der Waals surface area contributed by atoms with Crippen molar-refractivity contribution < 1.29 is 14.7 Å². The van der Waals surface area contributed by atoms with Gasteiger partial charge in [-0.15, -0.1) is 0 Å². The van der Waals surface area contributed by atoms with Crippen LogP contribution in [0.2, 0.25) is 0 Å². The van der Waals surface area contributed by atoms with Crippen LogP contribution in [0.5, 0.6) is 0 Å². The lowest BCUT2D eigenvalue weighted by Gasteiger charge is -2.08. The summed E-state index contributed by atoms with van der Waals surface area (Å²) in [6.07, 6.45) is 3.30. The molecule has 0 saturated heterocycles. The Morgan fingerprint density at radius 3 is 2.65 bits per heavy atom. The van der Waals surface area contributed by atoms with Gasteiger partial charge in [0.05, 0.1) is 0 Å². The van der Waals surface area contributed by atoms with E-state index in [1.807, 2.05) is 26.0 Å². The predicted molar refractivity (Wildman–Crippen MR) is 79.4 cm³/mol. The molecule has 0 bridgehead atoms. The van der Waals surface area contributed by atoms with Crippen molar-refractivity contribution in [3.63, 3.8) is 0 Å². The molecule has 0 saturated carbocycles. The third kappa shape index (κ3) is 5.69. The van der Waals surface area contributed by atoms with Gasteiger partial charge in [-0.2, -0.15) is 0 Å². The molecule has 20 heavy (non-hydrogen) atoms. The summed E-state index contributed by atoms with van der Waals surface area (Å²) in [4.78, 5) is 22.1. The molecule has 0 radical (unpaired) electrons. The number of carboxylic acid groups (broad SMARTS) is 1. The molecule has 1 rings (SSSR count). The highest BCUT2D eigenvalue weighted by atomic mass is 16.4. The number of carbonyl (C=O) groups is 2. The average molecular weight is 275 g/mol. The molecule has 0 aromatic heterocycles. The molecule has 0 heterocycles. The average Bonchev–Trinajstić information content (AvgIpc) is 2.34. The number of aryl methyl sites for hydroxylation is 2. The van der Waals surface area contributed by atoms with Crippen molar-refractivity contribution >= 4 is 18.0 Å². The minimum absolute atomic E-state index is 0.0566. The van der Waals surface area contributed by atoms with Gasteiger partial charge in [0, 0.05) is 19.0 Å². The maximum Gasteiger partial charge on any atom is 0.303 e. The molecule has 0 spiro atoms. The summed E-state index contributed by atoms with van der Waals surface area (Å²) in [5.74, 6) is -1.13. The lowest BCUT2D eigenvalue weighted by Crippen LogP contribution is -2.27. The van der Waals surface area contributed by atoms with Crippen molar-refractivity contribution in [2.45, 2.75) is 27.2 Å². The van der Waals surface area contributed by atoms with E-state index in [-0.39, 0.29) is 18.2 Å². The van der Waals surface area contributed by atoms with Crippen LogP contribution in [0.15, 0.2) is 24.3 Å². The Hall–Kier alpha value is -2.10. The van der Waals surface area contributed by atoms with Gasteiger partial charge >= 0.3 is 5.97 Å². The first-order valence-electron chi connectivity index (χ1n) is 6.63. The fourth-order valence-corrected chi connectivity index (χ4v) is 1.88. The first-order valence-corrected chi connectivity index (χ1v) is 6.63. The van der Waals surface area contributed by atoms with Gasteiger partial charge in [-0.05, 0) is 37.0 Å². The highest BCUT2D eigenvalue weighted by Crippen LogP contribution is 2.11. The van der Waals surface area contributed by atoms with Crippen molar-refractivity contribution in [1.82, 2.24) is 5.32 Å². The van der Waals surface area contributed by atoms with Gasteiger partial charge in [-0.1, -0.05) is 30.7 Å². The third-order valence-electron chi connectivity index (χ3n) is 2.99. The van der Waals surface area contributed by atoms with Crippen LogP contribution in [-0.4, -0.2) is 23.5 Å². The Labute approximate surface area is 119 Å². The Morgan fingerprint density at radius 1 is 1.35 bits per heavy atom. The lowest BCUT2D eigenvalue weighted by molar-refractivity contribution is -0.138. The number of nitrogens with one attached hydrogen (secondary N) is 1. The Morgan fingerprint density at radius 2 is 2.05 bits per heavy atom. The number of hydrogen-bond acceptors (Lipinski definition) is 2. The molecule has 1 amide bonds. The molecular formula is C16H21NO3. The van der Waals surface area contributed by atoms with Gasteiger partial charge in [0.2, 0.25) is 5.91 Å². The molecule has 1 atom stereocenters. The van der Waals surface area contributed by atoms with Gasteiger partial charge in [0.1, 0.15) is 0 Å². The molecule has 0 aliphatic heterocycles. The zero-order valence-electron chi connectivity index (χ0n) is 12.1. The molecule has 1 aromatic carbocycles. The van der Waals surface area contributed by atoms with Gasteiger partial charge < -0.3 is 10.4 Å². The Balaban J connectivity index is 2.49. The van der Waals surface area contributed by atoms with E-state index in [1.54, 1.807) is 13.0 Å². The summed E-state index contributed by atoms with van der Waals surface area (Å²) < 4.78 is 0. The molecule has 0 aliphatic carbocycles. The first-order chi connectivity index (χ1) is 9.38. The van der Waals surface area contributed by atoms with E-state index in [9.17, 15) is 9.59 Å². The second-order valence-electron chi connectivity index (χ2n) is 5.14. The van der Waals surface area contributed by atoms with Crippen molar-refractivity contribution in [3.05, 3.63) is 41.0 Å². The molecule has 1 aromatic rings. The van der Waals surface area contributed by atoms with Crippen LogP contribution in [0, 0.1) is 19.8 Å². The zero-order valence-corrected chi connectivity index (χ0v) is 12.1. The van der Waals surface area contributed by atoms with Crippen LogP contribution in [0.3, 0.4) is 0 Å². The summed E-state index contributed by atoms with van der Waals surface area (Å²) in [5, 5.41) is 11.3. The van der Waals surface area contributed by atoms with E-state index in [0.717, 1.165) is 11.1 Å². The van der Waals surface area contributed by atoms with Crippen LogP contribution >= 0.6 is 0 Å². The van der Waals surface area contributed by atoms with E-state index in [4.69, 9.17) is 5.11 Å². The summed E-state index contributed by atoms with van der Waals surface area (Å²) in [5.41, 5.74) is 3.31. The smallest absolute Gasteiger partial charge is 0.303 e. The molecule has 1 unspecified atom stereocenters. The number of aliphatic carboxylic acids is 1. The second kappa shape index (κ2) is 7.48. The van der Waals surface area contributed by atoms with Crippen molar-refractivity contribution in [2.24, 2.45) is 5.92 Å². The quantitative estimate of drug-likeness (QED) is 0.784. The molecule has 0 aliphatic rings. The van der Waals surface area contributed by atoms with Gasteiger partial charge in [-0.25, -0.2) is 0 Å². The predicted octanol–water partition coefficient (Wildman–Crippen LogP) is 2.54. The number of carboxylic acids is 1. The summed E-state index contributed by atoms with van der Waals surface area (Å²) in [6.45, 7) is 6.18. The van der Waals surface area contributed by atoms with Gasteiger partial charge in [0.15, 0.2) is 0 Å². The maximum atomic E-state index is 11.6. The summed E-state index contributed by atoms with van der Waals surface area (Å²) >= 11 is 0. The number of benzene rings is 1. The zero-order chi connectivity index (χ0) is 15.1. The highest BCUT2D eigenvalue weighted by molar-refractivity contribution is 5.91. The van der Waals surface area contributed by atoms with Crippen LogP contribution < -0.4 is 5.32 Å². The van der Waals surface area contributed by atoms with Crippen LogP contribution in [0.25, 0.3) is 6.08 Å².